The lowest BCUT2D eigenvalue weighted by molar-refractivity contribution is 0.686. The van der Waals surface area contributed by atoms with E-state index in [4.69, 9.17) is 11.0 Å². The van der Waals surface area contributed by atoms with Crippen LogP contribution in [0.4, 0.5) is 11.5 Å². The van der Waals surface area contributed by atoms with Gasteiger partial charge in [-0.1, -0.05) is 0 Å². The van der Waals surface area contributed by atoms with Gasteiger partial charge >= 0.3 is 0 Å². The monoisotopic (exact) mass is 204 g/mol. The Balaban J connectivity index is 2.84. The maximum atomic E-state index is 8.77. The third-order valence-corrected chi connectivity index (χ3v) is 2.25. The summed E-state index contributed by atoms with van der Waals surface area (Å²) in [6, 6.07) is 6.00. The predicted octanol–water partition coefficient (Wildman–Crippen LogP) is 1.65. The highest BCUT2D eigenvalue weighted by Gasteiger charge is 2.11. The quantitative estimate of drug-likeness (QED) is 0.809. The van der Waals surface area contributed by atoms with Gasteiger partial charge in [-0.3, -0.25) is 0 Å². The van der Waals surface area contributed by atoms with Crippen LogP contribution in [0.5, 0.6) is 0 Å². The van der Waals surface area contributed by atoms with Gasteiger partial charge < -0.3 is 10.6 Å². The van der Waals surface area contributed by atoms with Crippen molar-refractivity contribution in [1.82, 2.24) is 4.98 Å². The Bertz CT molecular complexity index is 356. The molecule has 1 aromatic rings. The van der Waals surface area contributed by atoms with Crippen LogP contribution < -0.4 is 10.6 Å². The first-order valence-corrected chi connectivity index (χ1v) is 5.04. The number of aromatic nitrogens is 1. The molecule has 0 spiro atoms. The van der Waals surface area contributed by atoms with Gasteiger partial charge in [0.25, 0.3) is 0 Å². The van der Waals surface area contributed by atoms with E-state index in [1.807, 2.05) is 26.0 Å². The second kappa shape index (κ2) is 5.20. The van der Waals surface area contributed by atoms with Crippen molar-refractivity contribution in [3.05, 3.63) is 18.3 Å². The highest BCUT2D eigenvalue weighted by Crippen LogP contribution is 2.20. The molecule has 0 saturated carbocycles. The molecule has 1 atom stereocenters. The van der Waals surface area contributed by atoms with Crippen molar-refractivity contribution in [2.24, 2.45) is 5.92 Å². The van der Waals surface area contributed by atoms with E-state index in [-0.39, 0.29) is 5.92 Å². The lowest BCUT2D eigenvalue weighted by Crippen LogP contribution is -2.28. The molecule has 0 bridgehead atoms. The van der Waals surface area contributed by atoms with E-state index in [0.29, 0.717) is 12.4 Å². The normalized spacial score (nSPS) is 11.8. The number of pyridine rings is 1. The van der Waals surface area contributed by atoms with Gasteiger partial charge in [-0.25, -0.2) is 4.98 Å². The molecule has 15 heavy (non-hydrogen) atoms. The van der Waals surface area contributed by atoms with Crippen molar-refractivity contribution < 1.29 is 0 Å². The maximum absolute atomic E-state index is 8.77. The van der Waals surface area contributed by atoms with Gasteiger partial charge in [0.05, 0.1) is 17.7 Å². The second-order valence-corrected chi connectivity index (χ2v) is 3.48. The Morgan fingerprint density at radius 1 is 1.67 bits per heavy atom. The van der Waals surface area contributed by atoms with E-state index in [2.05, 4.69) is 16.0 Å². The van der Waals surface area contributed by atoms with Gasteiger partial charge in [0, 0.05) is 19.3 Å². The molecular formula is C11H16N4. The molecule has 1 aromatic heterocycles. The summed E-state index contributed by atoms with van der Waals surface area (Å²) < 4.78 is 0. The highest BCUT2D eigenvalue weighted by atomic mass is 15.1. The molecule has 0 aromatic carbocycles. The maximum Gasteiger partial charge on any atom is 0.146 e. The van der Waals surface area contributed by atoms with Crippen LogP contribution in [0.1, 0.15) is 13.8 Å². The fourth-order valence-corrected chi connectivity index (χ4v) is 1.45. The van der Waals surface area contributed by atoms with Gasteiger partial charge in [-0.2, -0.15) is 5.26 Å². The fraction of sp³-hybridized carbons (Fsp3) is 0.455. The molecule has 1 unspecified atom stereocenters. The molecule has 0 aliphatic carbocycles. The van der Waals surface area contributed by atoms with Crippen molar-refractivity contribution in [3.63, 3.8) is 0 Å². The summed E-state index contributed by atoms with van der Waals surface area (Å²) in [5, 5.41) is 8.77. The van der Waals surface area contributed by atoms with Crippen LogP contribution in [0.15, 0.2) is 18.3 Å². The lowest BCUT2D eigenvalue weighted by Gasteiger charge is -2.24. The molecule has 0 amide bonds. The Kier molecular flexibility index (Phi) is 3.92. The van der Waals surface area contributed by atoms with Gasteiger partial charge in [0.15, 0.2) is 0 Å². The number of nitriles is 1. The van der Waals surface area contributed by atoms with Crippen molar-refractivity contribution in [1.29, 1.82) is 5.26 Å². The molecule has 4 nitrogen and oxygen atoms in total. The van der Waals surface area contributed by atoms with E-state index < -0.39 is 0 Å². The molecule has 0 radical (unpaired) electrons. The van der Waals surface area contributed by atoms with E-state index in [1.165, 1.54) is 0 Å². The van der Waals surface area contributed by atoms with E-state index >= 15 is 0 Å². The third kappa shape index (κ3) is 2.84. The molecule has 1 heterocycles. The fourth-order valence-electron chi connectivity index (χ4n) is 1.45. The Morgan fingerprint density at radius 2 is 2.40 bits per heavy atom. The van der Waals surface area contributed by atoms with Gasteiger partial charge in [-0.05, 0) is 26.0 Å². The largest absolute Gasteiger partial charge is 0.382 e. The van der Waals surface area contributed by atoms with E-state index in [1.54, 1.807) is 6.20 Å². The molecule has 1 rings (SSSR count). The molecule has 0 saturated heterocycles. The number of hydrogen-bond acceptors (Lipinski definition) is 4. The SMILES string of the molecule is CCN(CC(C)C#N)c1cccnc1N. The molecular weight excluding hydrogens is 188 g/mol. The molecule has 0 aliphatic rings. The third-order valence-electron chi connectivity index (χ3n) is 2.25. The molecule has 0 aliphatic heterocycles. The summed E-state index contributed by atoms with van der Waals surface area (Å²) in [6.45, 7) is 5.44. The van der Waals surface area contributed by atoms with Crippen molar-refractivity contribution in [2.45, 2.75) is 13.8 Å². The van der Waals surface area contributed by atoms with Crippen LogP contribution in [0.2, 0.25) is 0 Å². The second-order valence-electron chi connectivity index (χ2n) is 3.48. The zero-order valence-electron chi connectivity index (χ0n) is 9.14. The highest BCUT2D eigenvalue weighted by molar-refractivity contribution is 5.62. The van der Waals surface area contributed by atoms with Gasteiger partial charge in [0.1, 0.15) is 5.82 Å². The van der Waals surface area contributed by atoms with Crippen molar-refractivity contribution >= 4 is 11.5 Å². The topological polar surface area (TPSA) is 65.9 Å². The summed E-state index contributed by atoms with van der Waals surface area (Å²) in [4.78, 5) is 6.10. The lowest BCUT2D eigenvalue weighted by atomic mass is 10.2. The summed E-state index contributed by atoms with van der Waals surface area (Å²) in [7, 11) is 0. The van der Waals surface area contributed by atoms with Crippen molar-refractivity contribution in [3.8, 4) is 6.07 Å². The first-order chi connectivity index (χ1) is 7.19. The number of rotatable bonds is 4. The van der Waals surface area contributed by atoms with Crippen LogP contribution in [-0.2, 0) is 0 Å². The minimum Gasteiger partial charge on any atom is -0.382 e. The summed E-state index contributed by atoms with van der Waals surface area (Å²) in [6.07, 6.45) is 1.67. The minimum absolute atomic E-state index is 0.00967. The zero-order chi connectivity index (χ0) is 11.3. The summed E-state index contributed by atoms with van der Waals surface area (Å²) in [5.74, 6) is 0.508. The van der Waals surface area contributed by atoms with Crippen LogP contribution in [0.25, 0.3) is 0 Å². The first-order valence-electron chi connectivity index (χ1n) is 5.04. The average Bonchev–Trinajstić information content (AvgIpc) is 2.26. The Hall–Kier alpha value is -1.76. The van der Waals surface area contributed by atoms with Crippen LogP contribution in [-0.4, -0.2) is 18.1 Å². The number of anilines is 2. The smallest absolute Gasteiger partial charge is 0.146 e. The van der Waals surface area contributed by atoms with Crippen LogP contribution in [0.3, 0.4) is 0 Å². The number of nitrogen functional groups attached to an aromatic ring is 1. The first kappa shape index (κ1) is 11.3. The van der Waals surface area contributed by atoms with Crippen molar-refractivity contribution in [2.75, 3.05) is 23.7 Å². The van der Waals surface area contributed by atoms with Gasteiger partial charge in [0.2, 0.25) is 0 Å². The Morgan fingerprint density at radius 3 is 2.93 bits per heavy atom. The molecule has 2 N–H and O–H groups in total. The number of hydrogen-bond donors (Lipinski definition) is 1. The average molecular weight is 204 g/mol. The van der Waals surface area contributed by atoms with Gasteiger partial charge in [-0.15, -0.1) is 0 Å². The van der Waals surface area contributed by atoms with Crippen LogP contribution in [0, 0.1) is 17.2 Å². The standard InChI is InChI=1S/C11H16N4/c1-3-15(8-9(2)7-12)10-5-4-6-14-11(10)13/h4-6,9H,3,8H2,1-2H3,(H2,13,14). The molecule has 80 valence electrons. The van der Waals surface area contributed by atoms with E-state index in [0.717, 1.165) is 12.2 Å². The van der Waals surface area contributed by atoms with E-state index in [9.17, 15) is 0 Å². The molecule has 4 heteroatoms. The predicted molar refractivity (Wildman–Crippen MR) is 61.3 cm³/mol. The number of nitrogens with zero attached hydrogens (tertiary/aromatic N) is 3. The summed E-state index contributed by atoms with van der Waals surface area (Å²) in [5.41, 5.74) is 6.68. The molecule has 0 fully saturated rings. The zero-order valence-corrected chi connectivity index (χ0v) is 9.14. The Labute approximate surface area is 90.3 Å². The minimum atomic E-state index is -0.00967. The summed E-state index contributed by atoms with van der Waals surface area (Å²) >= 11 is 0. The number of nitrogens with two attached hydrogens (primary N) is 1. The van der Waals surface area contributed by atoms with Crippen LogP contribution >= 0.6 is 0 Å².